The number of aromatic nitrogens is 2. The first-order valence-corrected chi connectivity index (χ1v) is 8.65. The molecule has 0 atom stereocenters. The predicted molar refractivity (Wildman–Crippen MR) is 104 cm³/mol. The first-order chi connectivity index (χ1) is 12.6. The highest BCUT2D eigenvalue weighted by Crippen LogP contribution is 2.11. The lowest BCUT2D eigenvalue weighted by molar-refractivity contribution is 0.0527. The van der Waals surface area contributed by atoms with Crippen molar-refractivity contribution in [3.05, 3.63) is 70.3 Å². The minimum Gasteiger partial charge on any atom is -0.462 e. The number of nitrogen functional groups attached to an aromatic ring is 1. The highest BCUT2D eigenvalue weighted by atomic mass is 35.5. The molecule has 7 heteroatoms. The molecule has 0 bridgehead atoms. The quantitative estimate of drug-likeness (QED) is 0.416. The second kappa shape index (κ2) is 9.58. The van der Waals surface area contributed by atoms with Crippen molar-refractivity contribution in [2.45, 2.75) is 13.3 Å². The van der Waals surface area contributed by atoms with Gasteiger partial charge in [-0.1, -0.05) is 24.3 Å². The average molecular weight is 374 g/mol. The van der Waals surface area contributed by atoms with Crippen LogP contribution in [0.4, 0.5) is 5.69 Å². The summed E-state index contributed by atoms with van der Waals surface area (Å²) in [7, 11) is 0. The van der Waals surface area contributed by atoms with Crippen molar-refractivity contribution in [2.75, 3.05) is 18.2 Å². The number of halogens is 1. The molecule has 1 heterocycles. The SMILES string of the molecule is CCOC(=O)c1ccccc1N.O=c1[nH]c(CCCl)nc2ccccc12. The maximum atomic E-state index is 11.5. The molecule has 0 saturated carbocycles. The molecule has 0 aliphatic carbocycles. The van der Waals surface area contributed by atoms with Gasteiger partial charge in [0.25, 0.3) is 5.56 Å². The Kier molecular flexibility index (Phi) is 7.17. The predicted octanol–water partition coefficient (Wildman–Crippen LogP) is 3.15. The maximum Gasteiger partial charge on any atom is 0.340 e. The van der Waals surface area contributed by atoms with Crippen LogP contribution in [0.1, 0.15) is 23.1 Å². The third-order valence-electron chi connectivity index (χ3n) is 3.45. The normalized spacial score (nSPS) is 10.1. The van der Waals surface area contributed by atoms with Crippen molar-refractivity contribution in [1.82, 2.24) is 9.97 Å². The van der Waals surface area contributed by atoms with Gasteiger partial charge in [0.15, 0.2) is 0 Å². The van der Waals surface area contributed by atoms with E-state index in [1.165, 1.54) is 0 Å². The number of benzene rings is 2. The molecular formula is C19H20ClN3O3. The second-order valence-corrected chi connectivity index (χ2v) is 5.65. The number of nitrogens with zero attached hydrogens (tertiary/aromatic N) is 1. The van der Waals surface area contributed by atoms with Gasteiger partial charge in [-0.3, -0.25) is 4.79 Å². The van der Waals surface area contributed by atoms with Gasteiger partial charge < -0.3 is 15.5 Å². The number of hydrogen-bond donors (Lipinski definition) is 2. The number of para-hydroxylation sites is 2. The Morgan fingerprint density at radius 3 is 2.58 bits per heavy atom. The van der Waals surface area contributed by atoms with Gasteiger partial charge in [-0.25, -0.2) is 9.78 Å². The van der Waals surface area contributed by atoms with E-state index in [1.807, 2.05) is 18.2 Å². The number of anilines is 1. The van der Waals surface area contributed by atoms with Crippen molar-refractivity contribution in [1.29, 1.82) is 0 Å². The van der Waals surface area contributed by atoms with Gasteiger partial charge in [0.05, 0.1) is 23.1 Å². The van der Waals surface area contributed by atoms with Crippen LogP contribution >= 0.6 is 11.6 Å². The van der Waals surface area contributed by atoms with E-state index in [-0.39, 0.29) is 11.5 Å². The zero-order valence-electron chi connectivity index (χ0n) is 14.4. The smallest absolute Gasteiger partial charge is 0.340 e. The van der Waals surface area contributed by atoms with E-state index in [1.54, 1.807) is 37.3 Å². The zero-order valence-corrected chi connectivity index (χ0v) is 15.1. The number of rotatable bonds is 4. The fourth-order valence-corrected chi connectivity index (χ4v) is 2.41. The van der Waals surface area contributed by atoms with E-state index < -0.39 is 0 Å². The molecule has 6 nitrogen and oxygen atoms in total. The van der Waals surface area contributed by atoms with Gasteiger partial charge in [-0.2, -0.15) is 0 Å². The van der Waals surface area contributed by atoms with Crippen LogP contribution in [0.3, 0.4) is 0 Å². The monoisotopic (exact) mass is 373 g/mol. The molecule has 2 aromatic carbocycles. The molecule has 0 aliphatic rings. The van der Waals surface area contributed by atoms with Crippen LogP contribution in [0.5, 0.6) is 0 Å². The van der Waals surface area contributed by atoms with Crippen LogP contribution < -0.4 is 11.3 Å². The summed E-state index contributed by atoms with van der Waals surface area (Å²) in [6.07, 6.45) is 0.585. The minimum atomic E-state index is -0.365. The number of aryl methyl sites for hydroxylation is 1. The number of hydrogen-bond acceptors (Lipinski definition) is 5. The summed E-state index contributed by atoms with van der Waals surface area (Å²) in [5.74, 6) is 0.737. The number of carbonyl (C=O) groups excluding carboxylic acids is 1. The highest BCUT2D eigenvalue weighted by Gasteiger charge is 2.08. The van der Waals surface area contributed by atoms with Crippen LogP contribution in [0.2, 0.25) is 0 Å². The molecule has 0 amide bonds. The summed E-state index contributed by atoms with van der Waals surface area (Å²) in [5, 5.41) is 0.617. The van der Waals surface area contributed by atoms with E-state index in [2.05, 4.69) is 9.97 Å². The fourth-order valence-electron chi connectivity index (χ4n) is 2.23. The lowest BCUT2D eigenvalue weighted by Crippen LogP contribution is -2.12. The molecular weight excluding hydrogens is 354 g/mol. The zero-order chi connectivity index (χ0) is 18.9. The number of H-pyrrole nitrogens is 1. The largest absolute Gasteiger partial charge is 0.462 e. The third-order valence-corrected chi connectivity index (χ3v) is 3.64. The molecule has 0 aliphatic heterocycles. The molecule has 3 rings (SSSR count). The summed E-state index contributed by atoms with van der Waals surface area (Å²) in [4.78, 5) is 29.7. The molecule has 0 unspecified atom stereocenters. The van der Waals surface area contributed by atoms with E-state index in [9.17, 15) is 9.59 Å². The van der Waals surface area contributed by atoms with Crippen molar-refractivity contribution in [3.63, 3.8) is 0 Å². The number of fused-ring (bicyclic) bond motifs is 1. The van der Waals surface area contributed by atoms with Crippen LogP contribution in [-0.2, 0) is 11.2 Å². The number of esters is 1. The summed E-state index contributed by atoms with van der Waals surface area (Å²) < 4.78 is 4.79. The van der Waals surface area contributed by atoms with Gasteiger partial charge in [-0.15, -0.1) is 11.6 Å². The van der Waals surface area contributed by atoms with Crippen LogP contribution in [-0.4, -0.2) is 28.4 Å². The number of nitrogens with one attached hydrogen (secondary N) is 1. The van der Waals surface area contributed by atoms with Gasteiger partial charge in [0.1, 0.15) is 5.82 Å². The number of nitrogens with two attached hydrogens (primary N) is 1. The number of ether oxygens (including phenoxy) is 1. The molecule has 26 heavy (non-hydrogen) atoms. The molecule has 0 fully saturated rings. The summed E-state index contributed by atoms with van der Waals surface area (Å²) in [6.45, 7) is 2.13. The molecule has 136 valence electrons. The molecule has 0 saturated heterocycles. The van der Waals surface area contributed by atoms with Gasteiger partial charge in [0.2, 0.25) is 0 Å². The topological polar surface area (TPSA) is 98.1 Å². The highest BCUT2D eigenvalue weighted by molar-refractivity contribution is 6.17. The van der Waals surface area contributed by atoms with E-state index in [0.29, 0.717) is 41.4 Å². The summed E-state index contributed by atoms with van der Waals surface area (Å²) >= 11 is 5.58. The van der Waals surface area contributed by atoms with E-state index >= 15 is 0 Å². The first-order valence-electron chi connectivity index (χ1n) is 8.12. The van der Waals surface area contributed by atoms with Crippen LogP contribution in [0, 0.1) is 0 Å². The standard InChI is InChI=1S/C10H9ClN2O.C9H11NO2/c11-6-5-9-12-8-4-2-1-3-7(8)10(14)13-9;1-2-12-9(11)7-5-3-4-6-8(7)10/h1-4H,5-6H2,(H,12,13,14);3-6H,2,10H2,1H3. The van der Waals surface area contributed by atoms with Gasteiger partial charge in [-0.05, 0) is 31.2 Å². The number of aromatic amines is 1. The Labute approximate surface area is 156 Å². The van der Waals surface area contributed by atoms with Gasteiger partial charge >= 0.3 is 5.97 Å². The van der Waals surface area contributed by atoms with Crippen LogP contribution in [0.15, 0.2) is 53.3 Å². The number of carbonyl (C=O) groups is 1. The Morgan fingerprint density at radius 1 is 1.19 bits per heavy atom. The lowest BCUT2D eigenvalue weighted by Gasteiger charge is -2.03. The summed E-state index contributed by atoms with van der Waals surface area (Å²) in [5.41, 5.74) is 7.05. The van der Waals surface area contributed by atoms with Crippen molar-refractivity contribution < 1.29 is 9.53 Å². The molecule has 0 spiro atoms. The van der Waals surface area contributed by atoms with Crippen LogP contribution in [0.25, 0.3) is 10.9 Å². The molecule has 3 N–H and O–H groups in total. The van der Waals surface area contributed by atoms with Crippen molar-refractivity contribution in [2.24, 2.45) is 0 Å². The maximum absolute atomic E-state index is 11.5. The van der Waals surface area contributed by atoms with Crippen molar-refractivity contribution >= 4 is 34.2 Å². The molecule has 1 aromatic heterocycles. The first kappa shape index (κ1) is 19.5. The average Bonchev–Trinajstić information content (AvgIpc) is 2.63. The Morgan fingerprint density at radius 2 is 1.88 bits per heavy atom. The van der Waals surface area contributed by atoms with E-state index in [4.69, 9.17) is 22.1 Å². The second-order valence-electron chi connectivity index (χ2n) is 5.28. The van der Waals surface area contributed by atoms with E-state index in [0.717, 1.165) is 5.52 Å². The summed E-state index contributed by atoms with van der Waals surface area (Å²) in [6, 6.07) is 14.1. The third kappa shape index (κ3) is 5.07. The molecule has 0 radical (unpaired) electrons. The number of alkyl halides is 1. The Bertz CT molecular complexity index is 940. The van der Waals surface area contributed by atoms with Gasteiger partial charge in [0, 0.05) is 18.0 Å². The Hall–Kier alpha value is -2.86. The fraction of sp³-hybridized carbons (Fsp3) is 0.211. The Balaban J connectivity index is 0.000000190. The molecule has 3 aromatic rings. The lowest BCUT2D eigenvalue weighted by atomic mass is 10.2. The van der Waals surface area contributed by atoms with Crippen molar-refractivity contribution in [3.8, 4) is 0 Å². The minimum absolute atomic E-state index is 0.101.